The largest absolute Gasteiger partial charge is 0.504 e. The average Bonchev–Trinajstić information content (AvgIpc) is 3.23. The summed E-state index contributed by atoms with van der Waals surface area (Å²) < 4.78 is 13.8. The quantitative estimate of drug-likeness (QED) is 0.380. The zero-order valence-electron chi connectivity index (χ0n) is 20.2. The molecule has 8 heteroatoms. The van der Waals surface area contributed by atoms with Crippen LogP contribution in [-0.4, -0.2) is 23.9 Å². The van der Waals surface area contributed by atoms with Crippen LogP contribution in [0.15, 0.2) is 80.5 Å². The highest BCUT2D eigenvalue weighted by molar-refractivity contribution is 9.10. The second-order valence-corrected chi connectivity index (χ2v) is 10.8. The normalized spacial score (nSPS) is 16.5. The number of aromatic hydroxyl groups is 1. The molecule has 1 aliphatic carbocycles. The van der Waals surface area contributed by atoms with Gasteiger partial charge in [-0.15, -0.1) is 0 Å². The standard InChI is InChI=1S/C29H23BrN2O4S/c1-35-19-8-5-7-17(12-19)27-21-11-10-16-6-3-4-9-20(16)26(21)31-29-32(27)28(34)25(37-29)14-18-13-24(36-2)23(33)15-22(18)30/h3-9,12-15,27,33H,10-11H2,1-2H3. The predicted molar refractivity (Wildman–Crippen MR) is 148 cm³/mol. The third-order valence-electron chi connectivity index (χ3n) is 6.87. The lowest BCUT2D eigenvalue weighted by Crippen LogP contribution is -2.38. The lowest BCUT2D eigenvalue weighted by atomic mass is 9.83. The van der Waals surface area contributed by atoms with Crippen LogP contribution < -0.4 is 24.4 Å². The van der Waals surface area contributed by atoms with Crippen LogP contribution in [-0.2, 0) is 6.42 Å². The Kier molecular flexibility index (Phi) is 6.01. The summed E-state index contributed by atoms with van der Waals surface area (Å²) in [6.45, 7) is 0. The monoisotopic (exact) mass is 574 g/mol. The van der Waals surface area contributed by atoms with Gasteiger partial charge in [0.1, 0.15) is 5.75 Å². The summed E-state index contributed by atoms with van der Waals surface area (Å²) >= 11 is 4.86. The number of rotatable bonds is 4. The van der Waals surface area contributed by atoms with Gasteiger partial charge in [-0.2, -0.15) is 0 Å². The van der Waals surface area contributed by atoms with E-state index in [1.807, 2.05) is 41.0 Å². The van der Waals surface area contributed by atoms with Crippen LogP contribution in [0.3, 0.4) is 0 Å². The summed E-state index contributed by atoms with van der Waals surface area (Å²) in [6.07, 6.45) is 3.53. The maximum Gasteiger partial charge on any atom is 0.271 e. The van der Waals surface area contributed by atoms with E-state index in [1.165, 1.54) is 24.0 Å². The summed E-state index contributed by atoms with van der Waals surface area (Å²) in [7, 11) is 3.15. The molecule has 1 atom stereocenters. The number of hydrogen-bond acceptors (Lipinski definition) is 6. The van der Waals surface area contributed by atoms with Crippen LogP contribution >= 0.6 is 27.3 Å². The van der Waals surface area contributed by atoms with E-state index in [4.69, 9.17) is 14.5 Å². The van der Waals surface area contributed by atoms with E-state index in [-0.39, 0.29) is 17.4 Å². The molecule has 0 fully saturated rings. The predicted octanol–water partition coefficient (Wildman–Crippen LogP) is 4.80. The molecule has 0 saturated heterocycles. The van der Waals surface area contributed by atoms with Gasteiger partial charge in [0.05, 0.1) is 30.5 Å². The van der Waals surface area contributed by atoms with Crippen molar-refractivity contribution in [3.63, 3.8) is 0 Å². The lowest BCUT2D eigenvalue weighted by Gasteiger charge is -2.31. The zero-order chi connectivity index (χ0) is 25.7. The molecule has 186 valence electrons. The molecule has 6 rings (SSSR count). The fraction of sp³-hybridized carbons (Fsp3) is 0.172. The first-order valence-corrected chi connectivity index (χ1v) is 13.4. The molecule has 0 amide bonds. The number of benzene rings is 3. The van der Waals surface area contributed by atoms with Crippen LogP contribution in [0.2, 0.25) is 0 Å². The smallest absolute Gasteiger partial charge is 0.271 e. The summed E-state index contributed by atoms with van der Waals surface area (Å²) in [5.41, 5.74) is 6.09. The van der Waals surface area contributed by atoms with Crippen molar-refractivity contribution in [3.05, 3.63) is 113 Å². The summed E-state index contributed by atoms with van der Waals surface area (Å²) in [5.74, 6) is 1.11. The molecule has 0 saturated carbocycles. The molecule has 1 unspecified atom stereocenters. The first-order chi connectivity index (χ1) is 18.0. The molecule has 1 aliphatic heterocycles. The number of halogens is 1. The van der Waals surface area contributed by atoms with Gasteiger partial charge in [0.25, 0.3) is 5.56 Å². The number of thiazole rings is 1. The fourth-order valence-electron chi connectivity index (χ4n) is 5.11. The first kappa shape index (κ1) is 23.8. The number of allylic oxidation sites excluding steroid dienone is 1. The number of hydrogen-bond donors (Lipinski definition) is 1. The molecule has 1 N–H and O–H groups in total. The number of phenolic OH excluding ortho intramolecular Hbond substituents is 1. The number of aryl methyl sites for hydroxylation is 1. The van der Waals surface area contributed by atoms with Crippen LogP contribution in [0.5, 0.6) is 17.2 Å². The van der Waals surface area contributed by atoms with Crippen molar-refractivity contribution in [1.82, 2.24) is 4.57 Å². The first-order valence-electron chi connectivity index (χ1n) is 11.8. The van der Waals surface area contributed by atoms with Crippen molar-refractivity contribution in [2.45, 2.75) is 18.9 Å². The van der Waals surface area contributed by atoms with Gasteiger partial charge < -0.3 is 14.6 Å². The molecule has 0 bridgehead atoms. The average molecular weight is 575 g/mol. The summed E-state index contributed by atoms with van der Waals surface area (Å²) in [6, 6.07) is 19.3. The highest BCUT2D eigenvalue weighted by Crippen LogP contribution is 2.41. The van der Waals surface area contributed by atoms with Crippen molar-refractivity contribution in [2.24, 2.45) is 4.99 Å². The molecular weight excluding hydrogens is 552 g/mol. The van der Waals surface area contributed by atoms with Gasteiger partial charge in [-0.05, 0) is 65.4 Å². The second-order valence-electron chi connectivity index (χ2n) is 8.94. The highest BCUT2D eigenvalue weighted by atomic mass is 79.9. The lowest BCUT2D eigenvalue weighted by molar-refractivity contribution is 0.373. The molecule has 0 spiro atoms. The summed E-state index contributed by atoms with van der Waals surface area (Å²) in [4.78, 5) is 19.6. The number of aromatic nitrogens is 1. The van der Waals surface area contributed by atoms with Gasteiger partial charge in [-0.25, -0.2) is 4.99 Å². The second kappa shape index (κ2) is 9.36. The van der Waals surface area contributed by atoms with E-state index in [1.54, 1.807) is 19.2 Å². The van der Waals surface area contributed by atoms with Gasteiger partial charge in [0, 0.05) is 10.0 Å². The minimum Gasteiger partial charge on any atom is -0.504 e. The van der Waals surface area contributed by atoms with Crippen LogP contribution in [0.1, 0.15) is 34.7 Å². The molecule has 1 aromatic heterocycles. The Morgan fingerprint density at radius 3 is 2.73 bits per heavy atom. The van der Waals surface area contributed by atoms with E-state index in [0.717, 1.165) is 46.6 Å². The van der Waals surface area contributed by atoms with Crippen molar-refractivity contribution >= 4 is 39.0 Å². The topological polar surface area (TPSA) is 73.1 Å². The SMILES string of the molecule is COc1cccc(C2C3=C(N=c4sc(=Cc5cc(OC)c(O)cc5Br)c(=O)n42)c2ccccc2CC3)c1. The van der Waals surface area contributed by atoms with Gasteiger partial charge in [-0.1, -0.05) is 63.7 Å². The minimum atomic E-state index is -0.283. The van der Waals surface area contributed by atoms with E-state index in [9.17, 15) is 9.90 Å². The van der Waals surface area contributed by atoms with Gasteiger partial charge in [0.15, 0.2) is 16.3 Å². The Morgan fingerprint density at radius 2 is 1.92 bits per heavy atom. The Bertz CT molecular complexity index is 1770. The maximum absolute atomic E-state index is 13.9. The van der Waals surface area contributed by atoms with Crippen molar-refractivity contribution in [2.75, 3.05) is 14.2 Å². The molecule has 4 aromatic rings. The molecule has 37 heavy (non-hydrogen) atoms. The number of phenols is 1. The zero-order valence-corrected chi connectivity index (χ0v) is 22.6. The number of nitrogens with zero attached hydrogens (tertiary/aromatic N) is 2. The van der Waals surface area contributed by atoms with E-state index >= 15 is 0 Å². The van der Waals surface area contributed by atoms with Crippen molar-refractivity contribution < 1.29 is 14.6 Å². The molecule has 2 aliphatic rings. The Morgan fingerprint density at radius 1 is 1.08 bits per heavy atom. The summed E-state index contributed by atoms with van der Waals surface area (Å²) in [5, 5.41) is 10.1. The third-order valence-corrected chi connectivity index (χ3v) is 8.54. The van der Waals surface area contributed by atoms with Gasteiger partial charge in [0.2, 0.25) is 0 Å². The maximum atomic E-state index is 13.9. The van der Waals surface area contributed by atoms with E-state index < -0.39 is 0 Å². The minimum absolute atomic E-state index is 0.0253. The number of methoxy groups -OCH3 is 2. The highest BCUT2D eigenvalue weighted by Gasteiger charge is 2.32. The van der Waals surface area contributed by atoms with Crippen LogP contribution in [0.25, 0.3) is 11.8 Å². The van der Waals surface area contributed by atoms with Crippen molar-refractivity contribution in [3.8, 4) is 17.2 Å². The number of fused-ring (bicyclic) bond motifs is 3. The van der Waals surface area contributed by atoms with E-state index in [2.05, 4.69) is 34.1 Å². The Labute approximate surface area is 225 Å². The Balaban J connectivity index is 1.62. The van der Waals surface area contributed by atoms with Gasteiger partial charge in [-0.3, -0.25) is 9.36 Å². The molecule has 6 nitrogen and oxygen atoms in total. The number of ether oxygens (including phenoxy) is 2. The molecular formula is C29H23BrN2O4S. The van der Waals surface area contributed by atoms with Crippen LogP contribution in [0.4, 0.5) is 0 Å². The molecule has 2 heterocycles. The fourth-order valence-corrected chi connectivity index (χ4v) is 6.55. The van der Waals surface area contributed by atoms with Crippen molar-refractivity contribution in [1.29, 1.82) is 0 Å². The third kappa shape index (κ3) is 4.01. The van der Waals surface area contributed by atoms with Crippen LogP contribution in [0, 0.1) is 0 Å². The van der Waals surface area contributed by atoms with E-state index in [0.29, 0.717) is 19.6 Å². The molecule has 3 aromatic carbocycles. The molecule has 0 radical (unpaired) electrons. The Hall–Kier alpha value is -3.62. The van der Waals surface area contributed by atoms with Gasteiger partial charge >= 0.3 is 0 Å².